The first kappa shape index (κ1) is 17.9. The fourth-order valence-electron chi connectivity index (χ4n) is 4.00. The lowest BCUT2D eigenvalue weighted by atomic mass is 9.78. The van der Waals surface area contributed by atoms with E-state index in [4.69, 9.17) is 11.6 Å². The van der Waals surface area contributed by atoms with Crippen molar-refractivity contribution < 1.29 is 4.79 Å². The minimum absolute atomic E-state index is 0.0771. The topological polar surface area (TPSA) is 54.9 Å². The van der Waals surface area contributed by atoms with Crippen molar-refractivity contribution in [1.82, 2.24) is 9.97 Å². The summed E-state index contributed by atoms with van der Waals surface area (Å²) in [5, 5.41) is 4.79. The van der Waals surface area contributed by atoms with E-state index >= 15 is 0 Å². The average Bonchev–Trinajstić information content (AvgIpc) is 2.70. The number of hydrogen-bond acceptors (Lipinski definition) is 3. The lowest BCUT2D eigenvalue weighted by Gasteiger charge is -2.28. The van der Waals surface area contributed by atoms with E-state index in [1.807, 2.05) is 30.3 Å². The minimum Gasteiger partial charge on any atom is -0.326 e. The molecular formula is C22H22ClN3O. The van der Waals surface area contributed by atoms with Crippen LogP contribution in [0, 0.1) is 5.92 Å². The van der Waals surface area contributed by atoms with Crippen LogP contribution < -0.4 is 5.32 Å². The van der Waals surface area contributed by atoms with Crippen LogP contribution in [0.15, 0.2) is 54.9 Å². The van der Waals surface area contributed by atoms with Crippen LogP contribution in [0.5, 0.6) is 0 Å². The van der Waals surface area contributed by atoms with E-state index in [0.717, 1.165) is 48.0 Å². The van der Waals surface area contributed by atoms with Gasteiger partial charge in [0.1, 0.15) is 6.33 Å². The molecule has 0 radical (unpaired) electrons. The summed E-state index contributed by atoms with van der Waals surface area (Å²) in [5.74, 6) is 0.961. The average molecular weight is 380 g/mol. The first-order valence-electron chi connectivity index (χ1n) is 9.44. The highest BCUT2D eigenvalue weighted by atomic mass is 35.5. The van der Waals surface area contributed by atoms with Crippen LogP contribution in [0.4, 0.5) is 5.69 Å². The van der Waals surface area contributed by atoms with Gasteiger partial charge in [-0.1, -0.05) is 29.8 Å². The number of aromatic nitrogens is 2. The largest absolute Gasteiger partial charge is 0.326 e. The van der Waals surface area contributed by atoms with Gasteiger partial charge < -0.3 is 5.32 Å². The Balaban J connectivity index is 1.34. The summed E-state index contributed by atoms with van der Waals surface area (Å²) in [7, 11) is 0. The van der Waals surface area contributed by atoms with E-state index in [2.05, 4.69) is 21.4 Å². The molecule has 27 heavy (non-hydrogen) atoms. The quantitative estimate of drug-likeness (QED) is 0.643. The minimum atomic E-state index is 0.0771. The van der Waals surface area contributed by atoms with Crippen LogP contribution in [0.2, 0.25) is 5.02 Å². The third-order valence-corrected chi connectivity index (χ3v) is 5.66. The zero-order chi connectivity index (χ0) is 18.6. The Bertz CT molecular complexity index is 928. The fraction of sp³-hybridized carbons (Fsp3) is 0.318. The number of para-hydroxylation sites is 1. The zero-order valence-corrected chi connectivity index (χ0v) is 15.8. The third kappa shape index (κ3) is 4.28. The molecule has 4 rings (SSSR count). The van der Waals surface area contributed by atoms with Crippen molar-refractivity contribution in [2.24, 2.45) is 5.92 Å². The van der Waals surface area contributed by atoms with E-state index in [-0.39, 0.29) is 5.91 Å². The summed E-state index contributed by atoms with van der Waals surface area (Å²) < 4.78 is 0. The van der Waals surface area contributed by atoms with Gasteiger partial charge in [-0.25, -0.2) is 9.97 Å². The van der Waals surface area contributed by atoms with Gasteiger partial charge in [0.2, 0.25) is 5.91 Å². The normalized spacial score (nSPS) is 19.7. The standard InChI is InChI=1S/C22H22ClN3O/c23-17-9-11-18(12-10-17)26-21(27)13-15-5-7-16(8-6-15)22-19-3-1-2-4-20(19)24-14-25-22/h1-4,9-12,14-16H,5-8,13H2,(H,26,27)/t15-,16-. The Hall–Kier alpha value is -2.46. The molecule has 1 aliphatic carbocycles. The highest BCUT2D eigenvalue weighted by molar-refractivity contribution is 6.30. The monoisotopic (exact) mass is 379 g/mol. The molecule has 0 bridgehead atoms. The number of halogens is 1. The number of rotatable bonds is 4. The van der Waals surface area contributed by atoms with Gasteiger partial charge in [0.15, 0.2) is 0 Å². The first-order valence-corrected chi connectivity index (χ1v) is 9.82. The number of amides is 1. The van der Waals surface area contributed by atoms with E-state index < -0.39 is 0 Å². The van der Waals surface area contributed by atoms with Crippen molar-refractivity contribution in [3.8, 4) is 0 Å². The molecule has 0 atom stereocenters. The number of carbonyl (C=O) groups excluding carboxylic acids is 1. The fourth-order valence-corrected chi connectivity index (χ4v) is 4.12. The summed E-state index contributed by atoms with van der Waals surface area (Å²) in [6.45, 7) is 0. The molecule has 138 valence electrons. The second-order valence-electron chi connectivity index (χ2n) is 7.25. The van der Waals surface area contributed by atoms with Crippen LogP contribution in [0.3, 0.4) is 0 Å². The lowest BCUT2D eigenvalue weighted by Crippen LogP contribution is -2.21. The van der Waals surface area contributed by atoms with E-state index in [9.17, 15) is 4.79 Å². The van der Waals surface area contributed by atoms with Crippen LogP contribution in [0.1, 0.15) is 43.7 Å². The van der Waals surface area contributed by atoms with Gasteiger partial charge in [0.05, 0.1) is 11.2 Å². The van der Waals surface area contributed by atoms with Crippen LogP contribution >= 0.6 is 11.6 Å². The molecule has 0 spiro atoms. The van der Waals surface area contributed by atoms with Crippen molar-refractivity contribution in [3.05, 3.63) is 65.6 Å². The molecular weight excluding hydrogens is 358 g/mol. The van der Waals surface area contributed by atoms with Gasteiger partial charge in [0, 0.05) is 28.4 Å². The summed E-state index contributed by atoms with van der Waals surface area (Å²) in [6, 6.07) is 15.4. The molecule has 3 aromatic rings. The summed E-state index contributed by atoms with van der Waals surface area (Å²) >= 11 is 5.88. The Morgan fingerprint density at radius 3 is 2.52 bits per heavy atom. The number of benzene rings is 2. The number of nitrogens with zero attached hydrogens (tertiary/aromatic N) is 2. The molecule has 0 aliphatic heterocycles. The van der Waals surface area contributed by atoms with Crippen molar-refractivity contribution in [2.75, 3.05) is 5.32 Å². The molecule has 1 aromatic heterocycles. The zero-order valence-electron chi connectivity index (χ0n) is 15.1. The number of anilines is 1. The van der Waals surface area contributed by atoms with Gasteiger partial charge in [0.25, 0.3) is 0 Å². The van der Waals surface area contributed by atoms with Crippen molar-refractivity contribution in [3.63, 3.8) is 0 Å². The molecule has 1 aliphatic rings. The maximum absolute atomic E-state index is 12.3. The molecule has 0 unspecified atom stereocenters. The predicted molar refractivity (Wildman–Crippen MR) is 109 cm³/mol. The van der Waals surface area contributed by atoms with Crippen LogP contribution in [-0.4, -0.2) is 15.9 Å². The molecule has 1 fully saturated rings. The summed E-state index contributed by atoms with van der Waals surface area (Å²) in [5.41, 5.74) is 2.96. The van der Waals surface area contributed by atoms with E-state index in [1.165, 1.54) is 0 Å². The first-order chi connectivity index (χ1) is 13.2. The van der Waals surface area contributed by atoms with Crippen molar-refractivity contribution in [1.29, 1.82) is 0 Å². The van der Waals surface area contributed by atoms with Crippen LogP contribution in [0.25, 0.3) is 10.9 Å². The van der Waals surface area contributed by atoms with Gasteiger partial charge in [-0.3, -0.25) is 4.79 Å². The Labute approximate surface area is 164 Å². The third-order valence-electron chi connectivity index (χ3n) is 5.41. The summed E-state index contributed by atoms with van der Waals surface area (Å²) in [6.07, 6.45) is 6.48. The highest BCUT2D eigenvalue weighted by Crippen LogP contribution is 2.38. The Morgan fingerprint density at radius 2 is 1.74 bits per heavy atom. The Morgan fingerprint density at radius 1 is 1.00 bits per heavy atom. The molecule has 1 N–H and O–H groups in total. The molecule has 1 amide bonds. The predicted octanol–water partition coefficient (Wildman–Crippen LogP) is 5.59. The smallest absolute Gasteiger partial charge is 0.224 e. The van der Waals surface area contributed by atoms with E-state index in [1.54, 1.807) is 18.5 Å². The second-order valence-corrected chi connectivity index (χ2v) is 7.69. The molecule has 1 saturated carbocycles. The molecule has 5 heteroatoms. The SMILES string of the molecule is O=C(C[C@H]1CC[C@H](c2ncnc3ccccc32)CC1)Nc1ccc(Cl)cc1. The lowest BCUT2D eigenvalue weighted by molar-refractivity contribution is -0.117. The number of fused-ring (bicyclic) bond motifs is 1. The van der Waals surface area contributed by atoms with Gasteiger partial charge in [-0.2, -0.15) is 0 Å². The Kier molecular flexibility index (Phi) is 5.35. The van der Waals surface area contributed by atoms with Gasteiger partial charge in [-0.05, 0) is 61.9 Å². The number of carbonyl (C=O) groups is 1. The highest BCUT2D eigenvalue weighted by Gasteiger charge is 2.26. The van der Waals surface area contributed by atoms with Crippen molar-refractivity contribution in [2.45, 2.75) is 38.0 Å². The van der Waals surface area contributed by atoms with E-state index in [0.29, 0.717) is 23.3 Å². The van der Waals surface area contributed by atoms with Crippen LogP contribution in [-0.2, 0) is 4.79 Å². The molecule has 0 saturated heterocycles. The van der Waals surface area contributed by atoms with Crippen molar-refractivity contribution >= 4 is 34.1 Å². The maximum atomic E-state index is 12.3. The maximum Gasteiger partial charge on any atom is 0.224 e. The number of hydrogen-bond donors (Lipinski definition) is 1. The second kappa shape index (κ2) is 8.05. The molecule has 1 heterocycles. The van der Waals surface area contributed by atoms with Gasteiger partial charge >= 0.3 is 0 Å². The summed E-state index contributed by atoms with van der Waals surface area (Å²) in [4.78, 5) is 21.3. The molecule has 2 aromatic carbocycles. The van der Waals surface area contributed by atoms with Gasteiger partial charge in [-0.15, -0.1) is 0 Å². The molecule has 4 nitrogen and oxygen atoms in total. The number of nitrogens with one attached hydrogen (secondary N) is 1.